The molecule has 23 heavy (non-hydrogen) atoms. The number of hydrogen-bond acceptors (Lipinski definition) is 3. The number of carboxylic acids is 1. The third-order valence-corrected chi connectivity index (χ3v) is 5.35. The van der Waals surface area contributed by atoms with Gasteiger partial charge in [0.05, 0.1) is 18.6 Å². The minimum absolute atomic E-state index is 0.000556. The van der Waals surface area contributed by atoms with E-state index in [1.165, 1.54) is 11.6 Å². The van der Waals surface area contributed by atoms with Gasteiger partial charge in [0.25, 0.3) is 0 Å². The highest BCUT2D eigenvalue weighted by Gasteiger charge is 2.59. The van der Waals surface area contributed by atoms with Crippen molar-refractivity contribution in [3.63, 3.8) is 0 Å². The molecule has 1 saturated carbocycles. The highest BCUT2D eigenvalue weighted by atomic mass is 16.7. The minimum atomic E-state index is -0.918. The molecule has 1 aromatic rings. The minimum Gasteiger partial charge on any atom is -0.478 e. The third-order valence-electron chi connectivity index (χ3n) is 5.35. The van der Waals surface area contributed by atoms with Gasteiger partial charge in [-0.15, -0.1) is 0 Å². The third kappa shape index (κ3) is 2.70. The molecule has 2 fully saturated rings. The number of hydrogen-bond donors (Lipinski definition) is 1. The molecule has 2 unspecified atom stereocenters. The van der Waals surface area contributed by atoms with Crippen LogP contribution in [0.1, 0.15) is 38.2 Å². The Balaban J connectivity index is 2.11. The van der Waals surface area contributed by atoms with Gasteiger partial charge in [-0.2, -0.15) is 0 Å². The van der Waals surface area contributed by atoms with Gasteiger partial charge in [0.1, 0.15) is 0 Å². The Kier molecular flexibility index (Phi) is 4.55. The maximum atomic E-state index is 11.0. The second kappa shape index (κ2) is 6.46. The summed E-state index contributed by atoms with van der Waals surface area (Å²) >= 11 is 0. The highest BCUT2D eigenvalue weighted by Crippen LogP contribution is 2.55. The number of allylic oxidation sites excluding steroid dienone is 1. The van der Waals surface area contributed by atoms with Crippen LogP contribution in [0, 0.1) is 5.92 Å². The van der Waals surface area contributed by atoms with Crippen LogP contribution in [-0.2, 0) is 19.7 Å². The van der Waals surface area contributed by atoms with Crippen molar-refractivity contribution in [3.05, 3.63) is 48.0 Å². The van der Waals surface area contributed by atoms with Crippen LogP contribution in [0.15, 0.2) is 42.5 Å². The van der Waals surface area contributed by atoms with Gasteiger partial charge in [0.15, 0.2) is 5.79 Å². The zero-order valence-corrected chi connectivity index (χ0v) is 13.5. The molecule has 0 aromatic heterocycles. The maximum Gasteiger partial charge on any atom is 0.327 e. The summed E-state index contributed by atoms with van der Waals surface area (Å²) in [6, 6.07) is 10.3. The van der Waals surface area contributed by atoms with E-state index in [1.807, 2.05) is 18.2 Å². The maximum absolute atomic E-state index is 11.0. The quantitative estimate of drug-likeness (QED) is 0.864. The molecule has 124 valence electrons. The van der Waals surface area contributed by atoms with E-state index < -0.39 is 11.8 Å². The number of benzene rings is 1. The Morgan fingerprint density at radius 3 is 2.48 bits per heavy atom. The SMILES string of the molecule is CC(/C=C/C(=O)O)C1(c2ccccc2)CCCCC12OCCO2. The Morgan fingerprint density at radius 1 is 1.17 bits per heavy atom. The standard InChI is InChI=1S/C19H24O4/c1-15(9-10-17(20)21)18(16-7-3-2-4-8-16)11-5-6-12-19(18)22-13-14-23-19/h2-4,7-10,15H,5-6,11-14H2,1H3,(H,20,21)/b10-9+. The Bertz CT molecular complexity index is 574. The highest BCUT2D eigenvalue weighted by molar-refractivity contribution is 5.79. The fourth-order valence-electron chi connectivity index (χ4n) is 4.36. The normalized spacial score (nSPS) is 28.2. The van der Waals surface area contributed by atoms with Gasteiger partial charge in [-0.3, -0.25) is 0 Å². The summed E-state index contributed by atoms with van der Waals surface area (Å²) in [5.41, 5.74) is 0.818. The molecule has 2 atom stereocenters. The molecule has 0 amide bonds. The monoisotopic (exact) mass is 316 g/mol. The number of carbonyl (C=O) groups is 1. The summed E-state index contributed by atoms with van der Waals surface area (Å²) in [4.78, 5) is 11.0. The predicted octanol–water partition coefficient (Wildman–Crippen LogP) is 3.52. The van der Waals surface area contributed by atoms with E-state index in [2.05, 4.69) is 19.1 Å². The summed E-state index contributed by atoms with van der Waals surface area (Å²) < 4.78 is 12.4. The molecular formula is C19H24O4. The summed E-state index contributed by atoms with van der Waals surface area (Å²) in [5, 5.41) is 9.02. The van der Waals surface area contributed by atoms with Crippen LogP contribution in [0.5, 0.6) is 0 Å². The first-order valence-corrected chi connectivity index (χ1v) is 8.35. The molecule has 2 aliphatic rings. The van der Waals surface area contributed by atoms with Gasteiger partial charge in [0.2, 0.25) is 0 Å². The summed E-state index contributed by atoms with van der Waals surface area (Å²) in [6.45, 7) is 3.28. The van der Waals surface area contributed by atoms with E-state index in [4.69, 9.17) is 14.6 Å². The number of aliphatic carboxylic acids is 1. The van der Waals surface area contributed by atoms with Crippen LogP contribution in [0.3, 0.4) is 0 Å². The average Bonchev–Trinajstić information content (AvgIpc) is 3.03. The van der Waals surface area contributed by atoms with Crippen LogP contribution in [0.4, 0.5) is 0 Å². The van der Waals surface area contributed by atoms with Crippen molar-refractivity contribution in [2.75, 3.05) is 13.2 Å². The Labute approximate surface area is 137 Å². The summed E-state index contributed by atoms with van der Waals surface area (Å²) in [6.07, 6.45) is 6.98. The number of rotatable bonds is 4. The molecule has 0 bridgehead atoms. The smallest absolute Gasteiger partial charge is 0.327 e. The first-order valence-electron chi connectivity index (χ1n) is 8.35. The summed E-state index contributed by atoms with van der Waals surface area (Å²) in [5.74, 6) is -1.56. The Hall–Kier alpha value is -1.65. The molecule has 1 heterocycles. The molecule has 4 heteroatoms. The van der Waals surface area contributed by atoms with E-state index in [0.717, 1.165) is 25.7 Å². The molecule has 1 spiro atoms. The van der Waals surface area contributed by atoms with E-state index in [9.17, 15) is 4.79 Å². The van der Waals surface area contributed by atoms with Crippen molar-refractivity contribution in [2.45, 2.75) is 43.8 Å². The van der Waals surface area contributed by atoms with Crippen LogP contribution in [0.25, 0.3) is 0 Å². The fourth-order valence-corrected chi connectivity index (χ4v) is 4.36. The number of carboxylic acid groups (broad SMARTS) is 1. The molecule has 1 aliphatic carbocycles. The van der Waals surface area contributed by atoms with Gasteiger partial charge < -0.3 is 14.6 Å². The molecule has 0 radical (unpaired) electrons. The van der Waals surface area contributed by atoms with Crippen molar-refractivity contribution in [3.8, 4) is 0 Å². The zero-order chi connectivity index (χ0) is 16.3. The van der Waals surface area contributed by atoms with Crippen molar-refractivity contribution >= 4 is 5.97 Å². The van der Waals surface area contributed by atoms with Crippen molar-refractivity contribution in [1.82, 2.24) is 0 Å². The van der Waals surface area contributed by atoms with Crippen LogP contribution in [-0.4, -0.2) is 30.1 Å². The van der Waals surface area contributed by atoms with Crippen molar-refractivity contribution < 1.29 is 19.4 Å². The Morgan fingerprint density at radius 2 is 1.83 bits per heavy atom. The van der Waals surface area contributed by atoms with Crippen LogP contribution < -0.4 is 0 Å². The fraction of sp³-hybridized carbons (Fsp3) is 0.526. The molecule has 1 saturated heterocycles. The lowest BCUT2D eigenvalue weighted by Crippen LogP contribution is -2.58. The van der Waals surface area contributed by atoms with Gasteiger partial charge in [-0.25, -0.2) is 4.79 Å². The molecule has 1 aliphatic heterocycles. The van der Waals surface area contributed by atoms with E-state index in [0.29, 0.717) is 13.2 Å². The summed E-state index contributed by atoms with van der Waals surface area (Å²) in [7, 11) is 0. The number of ether oxygens (including phenoxy) is 2. The second-order valence-electron chi connectivity index (χ2n) is 6.48. The topological polar surface area (TPSA) is 55.8 Å². The van der Waals surface area contributed by atoms with Crippen molar-refractivity contribution in [2.24, 2.45) is 5.92 Å². The lowest BCUT2D eigenvalue weighted by molar-refractivity contribution is -0.235. The van der Waals surface area contributed by atoms with E-state index in [1.54, 1.807) is 6.08 Å². The van der Waals surface area contributed by atoms with E-state index >= 15 is 0 Å². The molecule has 1 aromatic carbocycles. The molecular weight excluding hydrogens is 292 g/mol. The second-order valence-corrected chi connectivity index (χ2v) is 6.48. The van der Waals surface area contributed by atoms with Gasteiger partial charge in [0, 0.05) is 12.5 Å². The largest absolute Gasteiger partial charge is 0.478 e. The average molecular weight is 316 g/mol. The van der Waals surface area contributed by atoms with Gasteiger partial charge >= 0.3 is 5.97 Å². The van der Waals surface area contributed by atoms with Gasteiger partial charge in [-0.1, -0.05) is 49.8 Å². The van der Waals surface area contributed by atoms with Crippen LogP contribution in [0.2, 0.25) is 0 Å². The molecule has 4 nitrogen and oxygen atoms in total. The van der Waals surface area contributed by atoms with Crippen LogP contribution >= 0.6 is 0 Å². The zero-order valence-electron chi connectivity index (χ0n) is 13.5. The lowest BCUT2D eigenvalue weighted by Gasteiger charge is -2.53. The molecule has 1 N–H and O–H groups in total. The first-order chi connectivity index (χ1) is 11.1. The predicted molar refractivity (Wildman–Crippen MR) is 87.2 cm³/mol. The van der Waals surface area contributed by atoms with Crippen molar-refractivity contribution in [1.29, 1.82) is 0 Å². The molecule has 3 rings (SSSR count). The first kappa shape index (κ1) is 16.2. The lowest BCUT2D eigenvalue weighted by atomic mass is 9.58. The van der Waals surface area contributed by atoms with E-state index in [-0.39, 0.29) is 11.3 Å². The van der Waals surface area contributed by atoms with Gasteiger partial charge in [-0.05, 0) is 24.3 Å².